The van der Waals surface area contributed by atoms with Crippen molar-refractivity contribution in [1.82, 2.24) is 9.97 Å². The Hall–Kier alpha value is -3.00. The van der Waals surface area contributed by atoms with Crippen molar-refractivity contribution >= 4 is 23.1 Å². The number of hydrogen-bond donors (Lipinski definition) is 0. The maximum atomic E-state index is 13.5. The Bertz CT molecular complexity index is 945. The van der Waals surface area contributed by atoms with Crippen LogP contribution in [0.5, 0.6) is 0 Å². The van der Waals surface area contributed by atoms with Gasteiger partial charge in [-0.2, -0.15) is 0 Å². The van der Waals surface area contributed by atoms with Crippen molar-refractivity contribution in [2.24, 2.45) is 0 Å². The predicted molar refractivity (Wildman–Crippen MR) is 90.7 cm³/mol. The van der Waals surface area contributed by atoms with E-state index in [2.05, 4.69) is 9.97 Å². The minimum absolute atomic E-state index is 0.129. The number of esters is 1. The van der Waals surface area contributed by atoms with Gasteiger partial charge in [-0.05, 0) is 30.3 Å². The first-order valence-electron chi connectivity index (χ1n) is 7.51. The van der Waals surface area contributed by atoms with E-state index in [1.54, 1.807) is 23.8 Å². The van der Waals surface area contributed by atoms with E-state index in [1.165, 1.54) is 11.3 Å². The predicted octanol–water partition coefficient (Wildman–Crippen LogP) is 3.45. The number of carbonyl (C=O) groups excluding carboxylic acids is 2. The van der Waals surface area contributed by atoms with Crippen LogP contribution in [-0.2, 0) is 16.0 Å². The summed E-state index contributed by atoms with van der Waals surface area (Å²) < 4.78 is 31.5. The fourth-order valence-electron chi connectivity index (χ4n) is 2.14. The highest BCUT2D eigenvalue weighted by molar-refractivity contribution is 7.13. The maximum absolute atomic E-state index is 13.5. The number of thiazole rings is 1. The van der Waals surface area contributed by atoms with Crippen LogP contribution in [0.4, 0.5) is 8.78 Å². The topological polar surface area (TPSA) is 69.2 Å². The molecule has 5 nitrogen and oxygen atoms in total. The van der Waals surface area contributed by atoms with Crippen LogP contribution in [0, 0.1) is 11.6 Å². The highest BCUT2D eigenvalue weighted by Crippen LogP contribution is 2.22. The average molecular weight is 374 g/mol. The van der Waals surface area contributed by atoms with Crippen molar-refractivity contribution < 1.29 is 23.1 Å². The van der Waals surface area contributed by atoms with Gasteiger partial charge in [0.2, 0.25) is 5.78 Å². The van der Waals surface area contributed by atoms with Gasteiger partial charge in [0, 0.05) is 23.3 Å². The molecule has 0 aliphatic rings. The van der Waals surface area contributed by atoms with Crippen molar-refractivity contribution in [1.29, 1.82) is 0 Å². The molecule has 8 heteroatoms. The maximum Gasteiger partial charge on any atom is 0.312 e. The number of ketones is 1. The molecule has 1 aromatic carbocycles. The summed E-state index contributed by atoms with van der Waals surface area (Å²) in [7, 11) is 0. The van der Waals surface area contributed by atoms with E-state index >= 15 is 0 Å². The third-order valence-electron chi connectivity index (χ3n) is 3.38. The minimum Gasteiger partial charge on any atom is -0.457 e. The van der Waals surface area contributed by atoms with E-state index in [1.807, 2.05) is 6.07 Å². The first-order chi connectivity index (χ1) is 12.5. The molecule has 3 aromatic rings. The number of ether oxygens (including phenoxy) is 1. The Labute approximate surface area is 151 Å². The summed E-state index contributed by atoms with van der Waals surface area (Å²) in [6.07, 6.45) is 3.18. The van der Waals surface area contributed by atoms with Crippen LogP contribution in [0.2, 0.25) is 0 Å². The highest BCUT2D eigenvalue weighted by atomic mass is 32.1. The summed E-state index contributed by atoms with van der Waals surface area (Å²) in [5, 5.41) is 2.41. The van der Waals surface area contributed by atoms with Crippen molar-refractivity contribution in [2.75, 3.05) is 6.61 Å². The summed E-state index contributed by atoms with van der Waals surface area (Å²) in [5.74, 6) is -3.11. The molecule has 0 saturated heterocycles. The van der Waals surface area contributed by atoms with Crippen LogP contribution in [0.1, 0.15) is 16.1 Å². The largest absolute Gasteiger partial charge is 0.457 e. The van der Waals surface area contributed by atoms with Crippen molar-refractivity contribution in [3.05, 3.63) is 71.0 Å². The second-order valence-electron chi connectivity index (χ2n) is 5.27. The number of carbonyl (C=O) groups is 2. The number of pyridine rings is 1. The number of hydrogen-bond acceptors (Lipinski definition) is 6. The fourth-order valence-corrected chi connectivity index (χ4v) is 2.95. The highest BCUT2D eigenvalue weighted by Gasteiger charge is 2.16. The molecule has 3 rings (SSSR count). The number of aromatic nitrogens is 2. The molecule has 2 heterocycles. The molecule has 0 fully saturated rings. The molecule has 0 amide bonds. The molecule has 0 unspecified atom stereocenters. The Kier molecular flexibility index (Phi) is 5.43. The van der Waals surface area contributed by atoms with Gasteiger partial charge < -0.3 is 4.74 Å². The molecule has 0 bridgehead atoms. The van der Waals surface area contributed by atoms with Gasteiger partial charge in [-0.25, -0.2) is 13.8 Å². The van der Waals surface area contributed by atoms with Gasteiger partial charge in [0.05, 0.1) is 17.7 Å². The van der Waals surface area contributed by atoms with Crippen molar-refractivity contribution in [3.63, 3.8) is 0 Å². The molecular weight excluding hydrogens is 362 g/mol. The van der Waals surface area contributed by atoms with Crippen molar-refractivity contribution in [3.8, 4) is 10.6 Å². The summed E-state index contributed by atoms with van der Waals surface area (Å²) in [5.41, 5.74) is 0.863. The third kappa shape index (κ3) is 4.34. The van der Waals surface area contributed by atoms with Gasteiger partial charge in [-0.15, -0.1) is 11.3 Å². The van der Waals surface area contributed by atoms with Crippen molar-refractivity contribution in [2.45, 2.75) is 6.42 Å². The Morgan fingerprint density at radius 2 is 2.04 bits per heavy atom. The molecular formula is C18H12F2N2O3S. The van der Waals surface area contributed by atoms with Crippen LogP contribution in [0.3, 0.4) is 0 Å². The first kappa shape index (κ1) is 17.8. The second kappa shape index (κ2) is 7.92. The lowest BCUT2D eigenvalue weighted by molar-refractivity contribution is -0.141. The molecule has 132 valence electrons. The molecule has 0 atom stereocenters. The quantitative estimate of drug-likeness (QED) is 0.488. The molecule has 0 saturated carbocycles. The first-order valence-corrected chi connectivity index (χ1v) is 8.39. The van der Waals surface area contributed by atoms with Crippen LogP contribution in [0.15, 0.2) is 48.1 Å². The van der Waals surface area contributed by atoms with E-state index in [0.717, 1.165) is 23.8 Å². The van der Waals surface area contributed by atoms with Crippen LogP contribution >= 0.6 is 11.3 Å². The van der Waals surface area contributed by atoms with E-state index in [9.17, 15) is 18.4 Å². The number of Topliss-reactive ketones (excluding diaryl/α,β-unsaturated/α-hetero) is 1. The summed E-state index contributed by atoms with van der Waals surface area (Å²) in [4.78, 5) is 32.0. The number of benzene rings is 1. The molecule has 2 aromatic heterocycles. The average Bonchev–Trinajstić information content (AvgIpc) is 3.11. The van der Waals surface area contributed by atoms with Gasteiger partial charge in [-0.1, -0.05) is 0 Å². The third-order valence-corrected chi connectivity index (χ3v) is 4.32. The monoisotopic (exact) mass is 374 g/mol. The lowest BCUT2D eigenvalue weighted by Crippen LogP contribution is -2.17. The second-order valence-corrected chi connectivity index (χ2v) is 6.13. The lowest BCUT2D eigenvalue weighted by Gasteiger charge is -2.04. The smallest absolute Gasteiger partial charge is 0.312 e. The summed E-state index contributed by atoms with van der Waals surface area (Å²) in [6, 6.07) is 6.15. The van der Waals surface area contributed by atoms with Gasteiger partial charge in [0.1, 0.15) is 16.6 Å². The van der Waals surface area contributed by atoms with E-state index in [-0.39, 0.29) is 6.42 Å². The number of rotatable bonds is 6. The van der Waals surface area contributed by atoms with Gasteiger partial charge in [-0.3, -0.25) is 14.6 Å². The van der Waals surface area contributed by atoms with Crippen LogP contribution in [0.25, 0.3) is 10.6 Å². The Morgan fingerprint density at radius 1 is 1.19 bits per heavy atom. The molecule has 26 heavy (non-hydrogen) atoms. The number of nitrogens with zero attached hydrogens (tertiary/aromatic N) is 2. The zero-order valence-electron chi connectivity index (χ0n) is 13.3. The zero-order chi connectivity index (χ0) is 18.5. The summed E-state index contributed by atoms with van der Waals surface area (Å²) in [6.45, 7) is -0.668. The summed E-state index contributed by atoms with van der Waals surface area (Å²) >= 11 is 1.35. The molecule has 0 spiro atoms. The SMILES string of the molecule is O=C(Cc1csc(-c2cccnc2)n1)OCC(=O)c1cc(F)ccc1F. The fraction of sp³-hybridized carbons (Fsp3) is 0.111. The van der Waals surface area contributed by atoms with E-state index in [4.69, 9.17) is 4.74 Å². The minimum atomic E-state index is -0.868. The van der Waals surface area contributed by atoms with E-state index < -0.39 is 35.6 Å². The van der Waals surface area contributed by atoms with Gasteiger partial charge in [0.15, 0.2) is 6.61 Å². The lowest BCUT2D eigenvalue weighted by atomic mass is 10.1. The number of halogens is 2. The standard InChI is InChI=1S/C18H12F2N2O3S/c19-12-3-4-15(20)14(6-12)16(23)9-25-17(24)7-13-10-26-18(22-13)11-2-1-5-21-8-11/h1-6,8,10H,7,9H2. The Balaban J connectivity index is 1.57. The molecule has 0 radical (unpaired) electrons. The normalized spacial score (nSPS) is 10.5. The van der Waals surface area contributed by atoms with Gasteiger partial charge >= 0.3 is 5.97 Å². The molecule has 0 N–H and O–H groups in total. The molecule has 0 aliphatic carbocycles. The van der Waals surface area contributed by atoms with Gasteiger partial charge in [0.25, 0.3) is 0 Å². The van der Waals surface area contributed by atoms with Crippen LogP contribution in [-0.4, -0.2) is 28.3 Å². The molecule has 0 aliphatic heterocycles. The zero-order valence-corrected chi connectivity index (χ0v) is 14.1. The van der Waals surface area contributed by atoms with E-state index in [0.29, 0.717) is 10.7 Å². The van der Waals surface area contributed by atoms with Crippen LogP contribution < -0.4 is 0 Å². The Morgan fingerprint density at radius 3 is 2.81 bits per heavy atom.